The van der Waals surface area contributed by atoms with Crippen LogP contribution in [0, 0.1) is 0 Å². The summed E-state index contributed by atoms with van der Waals surface area (Å²) in [5.41, 5.74) is 2.65. The predicted molar refractivity (Wildman–Crippen MR) is 322 cm³/mol. The molecule has 12 aromatic carbocycles. The van der Waals surface area contributed by atoms with Gasteiger partial charge in [-0.25, -0.2) is 0 Å². The fourth-order valence-electron chi connectivity index (χ4n) is 10.2. The zero-order valence-corrected chi connectivity index (χ0v) is 44.8. The minimum Gasteiger partial charge on any atom is -0.493 e. The summed E-state index contributed by atoms with van der Waals surface area (Å²) < 4.78 is 50.7. The number of rotatable bonds is 4. The zero-order chi connectivity index (χ0) is 56.9. The van der Waals surface area contributed by atoms with Gasteiger partial charge in [-0.15, -0.1) is 0 Å². The first-order chi connectivity index (χ1) is 41.2. The summed E-state index contributed by atoms with van der Waals surface area (Å²) >= 11 is 0. The molecule has 12 aromatic rings. The van der Waals surface area contributed by atoms with Gasteiger partial charge in [0, 0.05) is 46.5 Å². The molecular weight excluding hydrogens is 1060 g/mol. The van der Waals surface area contributed by atoms with Crippen LogP contribution in [-0.4, -0.2) is 31.8 Å². The molecule has 408 valence electrons. The van der Waals surface area contributed by atoms with Crippen LogP contribution in [0.15, 0.2) is 218 Å². The second kappa shape index (κ2) is 23.1. The molecule has 0 N–H and O–H groups in total. The monoisotopic (exact) mass is 1100 g/mol. The summed E-state index contributed by atoms with van der Waals surface area (Å²) in [5, 5.41) is 7.30. The Morgan fingerprint density at radius 3 is 0.762 bits per heavy atom. The number of hydrogen-bond donors (Lipinski definition) is 0. The molecule has 1 heterocycles. The quantitative estimate of drug-likeness (QED) is 0.155. The van der Waals surface area contributed by atoms with E-state index in [1.165, 1.54) is 0 Å². The molecule has 0 atom stereocenters. The number of fused-ring (bicyclic) bond motifs is 16. The summed E-state index contributed by atoms with van der Waals surface area (Å²) in [4.78, 5) is 48.8. The van der Waals surface area contributed by atoms with E-state index in [1.54, 1.807) is 72.8 Å². The Kier molecular flexibility index (Phi) is 14.3. The second-order valence-electron chi connectivity index (χ2n) is 20.3. The molecule has 0 fully saturated rings. The van der Waals surface area contributed by atoms with Crippen LogP contribution in [0.1, 0.15) is 59.8 Å². The van der Waals surface area contributed by atoms with E-state index in [0.29, 0.717) is 115 Å². The average Bonchev–Trinajstić information content (AvgIpc) is 3.70. The van der Waals surface area contributed by atoms with Crippen molar-refractivity contribution >= 4 is 68.2 Å². The molecule has 12 nitrogen and oxygen atoms in total. The summed E-state index contributed by atoms with van der Waals surface area (Å²) in [6.45, 7) is 0.429. The number of carbonyl (C=O) groups is 4. The molecule has 1 aliphatic heterocycles. The van der Waals surface area contributed by atoms with E-state index in [-0.39, 0.29) is 0 Å². The van der Waals surface area contributed by atoms with Gasteiger partial charge in [0.25, 0.3) is 0 Å². The maximum Gasteiger partial charge on any atom is 0.150 e. The van der Waals surface area contributed by atoms with Crippen molar-refractivity contribution in [3.8, 4) is 86.2 Å². The first-order valence-electron chi connectivity index (χ1n) is 27.1. The van der Waals surface area contributed by atoms with Gasteiger partial charge in [-0.2, -0.15) is 0 Å². The highest BCUT2D eigenvalue weighted by Gasteiger charge is 2.14. The van der Waals surface area contributed by atoms with Crippen LogP contribution in [0.4, 0.5) is 0 Å². The summed E-state index contributed by atoms with van der Waals surface area (Å²) in [6, 6.07) is 66.3. The summed E-state index contributed by atoms with van der Waals surface area (Å²) in [7, 11) is 0. The molecule has 0 aliphatic carbocycles. The minimum absolute atomic E-state index is 0.349. The van der Waals surface area contributed by atoms with E-state index < -0.39 is 0 Å². The first kappa shape index (κ1) is 52.2. The molecule has 0 saturated heterocycles. The molecule has 12 heteroatoms. The average molecular weight is 1110 g/mol. The van der Waals surface area contributed by atoms with Crippen LogP contribution in [0.2, 0.25) is 0 Å². The van der Waals surface area contributed by atoms with Crippen LogP contribution in [0.3, 0.4) is 0 Å². The van der Waals surface area contributed by atoms with Crippen molar-refractivity contribution < 1.29 is 57.1 Å². The van der Waals surface area contributed by atoms with Crippen LogP contribution in [0.5, 0.6) is 86.2 Å². The third kappa shape index (κ3) is 12.1. The van der Waals surface area contributed by atoms with Gasteiger partial charge in [-0.1, -0.05) is 60.7 Å². The van der Waals surface area contributed by atoms with Crippen molar-refractivity contribution in [2.45, 2.75) is 19.3 Å². The summed E-state index contributed by atoms with van der Waals surface area (Å²) in [6.07, 6.45) is 5.42. The van der Waals surface area contributed by atoms with Gasteiger partial charge in [0.05, 0.1) is 6.61 Å². The SMILES string of the molecule is O=Cc1cc2cc(c1)Oc1ccc3ccc(cc3c1)Oc1cc(C=O)cc(c1)Oc1ccc3ccc(cc3c1)Oc1cc(C=O)cc(c1)Oc1ccc3ccc(cc3c1)Oc1cc(C=O)cc(c1)Oc1ccc3ccc(cc3c1)CCCCO2. The van der Waals surface area contributed by atoms with Crippen LogP contribution in [-0.2, 0) is 6.42 Å². The molecule has 0 unspecified atom stereocenters. The fraction of sp³-hybridized carbons (Fsp3) is 0.0556. The van der Waals surface area contributed by atoms with Crippen molar-refractivity contribution in [2.24, 2.45) is 0 Å². The highest BCUT2D eigenvalue weighted by Crippen LogP contribution is 2.39. The van der Waals surface area contributed by atoms with Gasteiger partial charge in [-0.3, -0.25) is 19.2 Å². The van der Waals surface area contributed by atoms with Crippen molar-refractivity contribution in [3.05, 3.63) is 246 Å². The van der Waals surface area contributed by atoms with E-state index in [0.717, 1.165) is 93.1 Å². The Hall–Kier alpha value is -11.2. The van der Waals surface area contributed by atoms with Gasteiger partial charge in [0.15, 0.2) is 0 Å². The van der Waals surface area contributed by atoms with Crippen LogP contribution < -0.4 is 37.9 Å². The van der Waals surface area contributed by atoms with Gasteiger partial charge < -0.3 is 37.9 Å². The van der Waals surface area contributed by atoms with Gasteiger partial charge in [0.1, 0.15) is 111 Å². The molecule has 84 heavy (non-hydrogen) atoms. The lowest BCUT2D eigenvalue weighted by molar-refractivity contribution is 0.111. The van der Waals surface area contributed by atoms with E-state index in [1.807, 2.05) is 127 Å². The smallest absolute Gasteiger partial charge is 0.150 e. The molecule has 20 bridgehead atoms. The van der Waals surface area contributed by atoms with E-state index in [2.05, 4.69) is 18.2 Å². The predicted octanol–water partition coefficient (Wildman–Crippen LogP) is 18.8. The van der Waals surface area contributed by atoms with Crippen molar-refractivity contribution in [3.63, 3.8) is 0 Å². The number of carbonyl (C=O) groups excluding carboxylic acids is 4. The van der Waals surface area contributed by atoms with Crippen molar-refractivity contribution in [1.29, 1.82) is 0 Å². The number of ether oxygens (including phenoxy) is 8. The lowest BCUT2D eigenvalue weighted by Gasteiger charge is -2.13. The third-order valence-electron chi connectivity index (χ3n) is 14.2. The molecule has 13 rings (SSSR count). The Balaban J connectivity index is 0.809. The number of aldehydes is 4. The van der Waals surface area contributed by atoms with Crippen molar-refractivity contribution in [1.82, 2.24) is 0 Å². The zero-order valence-electron chi connectivity index (χ0n) is 44.8. The minimum atomic E-state index is 0.349. The van der Waals surface area contributed by atoms with Gasteiger partial charge in [-0.05, 0) is 201 Å². The van der Waals surface area contributed by atoms with Crippen LogP contribution >= 0.6 is 0 Å². The Morgan fingerprint density at radius 2 is 0.476 bits per heavy atom. The topological polar surface area (TPSA) is 142 Å². The maximum atomic E-state index is 12.3. The standard InChI is InChI=1S/C72H48O12/c73-41-46-22-65-37-66(23-46)78-59-14-7-51-8-15-60(32-55(51)31-59)81-69-26-48(43-75)27-70(39-69)82-63-18-11-53-12-19-64(36-57(53)35-63)84-72-29-49(44-76)28-71(40-72)83-62-17-10-52-9-16-61(33-56(52)34-62)80-68-25-47(42-74)24-67(38-68)79-58-13-6-50-5-4-45(21-54(50)30-58)3-1-2-20-77-65/h4-19,21-44H,1-3,20H2. The third-order valence-corrected chi connectivity index (χ3v) is 14.2. The largest absolute Gasteiger partial charge is 0.493 e. The Bertz CT molecular complexity index is 4570. The van der Waals surface area contributed by atoms with Crippen LogP contribution in [0.25, 0.3) is 43.1 Å². The molecule has 0 saturated carbocycles. The number of aryl methyl sites for hydroxylation is 1. The van der Waals surface area contributed by atoms with E-state index >= 15 is 0 Å². The Labute approximate surface area is 481 Å². The van der Waals surface area contributed by atoms with Gasteiger partial charge in [0.2, 0.25) is 0 Å². The molecular formula is C72H48O12. The van der Waals surface area contributed by atoms with Gasteiger partial charge >= 0.3 is 0 Å². The summed E-state index contributed by atoms with van der Waals surface area (Å²) in [5.74, 6) is 7.01. The Morgan fingerprint density at radius 1 is 0.226 bits per heavy atom. The molecule has 0 amide bonds. The maximum absolute atomic E-state index is 12.3. The fourth-order valence-corrected chi connectivity index (χ4v) is 10.2. The highest BCUT2D eigenvalue weighted by molar-refractivity contribution is 5.89. The molecule has 0 aromatic heterocycles. The number of hydrogen-bond acceptors (Lipinski definition) is 12. The second-order valence-corrected chi connectivity index (χ2v) is 20.3. The number of benzene rings is 12. The lowest BCUT2D eigenvalue weighted by atomic mass is 10.0. The molecule has 0 radical (unpaired) electrons. The first-order valence-corrected chi connectivity index (χ1v) is 27.1. The molecule has 1 aliphatic rings. The van der Waals surface area contributed by atoms with E-state index in [9.17, 15) is 19.2 Å². The normalized spacial score (nSPS) is 12.6. The van der Waals surface area contributed by atoms with E-state index in [4.69, 9.17) is 37.9 Å². The van der Waals surface area contributed by atoms with Crippen molar-refractivity contribution in [2.75, 3.05) is 6.61 Å². The molecule has 0 spiro atoms. The lowest BCUT2D eigenvalue weighted by Crippen LogP contribution is -1.99. The highest BCUT2D eigenvalue weighted by atomic mass is 16.5.